The first kappa shape index (κ1) is 20.8. The zero-order valence-corrected chi connectivity index (χ0v) is 16.7. The van der Waals surface area contributed by atoms with Crippen molar-refractivity contribution in [2.24, 2.45) is 11.5 Å². The third-order valence-corrected chi connectivity index (χ3v) is 5.19. The Labute approximate surface area is 172 Å². The molecular weight excluding hydrogens is 364 g/mol. The summed E-state index contributed by atoms with van der Waals surface area (Å²) in [6, 6.07) is 15.3. The van der Waals surface area contributed by atoms with E-state index in [9.17, 15) is 0 Å². The van der Waals surface area contributed by atoms with Crippen LogP contribution in [0.3, 0.4) is 0 Å². The van der Waals surface area contributed by atoms with E-state index in [0.29, 0.717) is 12.2 Å². The molecule has 0 bridgehead atoms. The van der Waals surface area contributed by atoms with Crippen molar-refractivity contribution in [1.29, 1.82) is 10.8 Å². The molecule has 1 heterocycles. The largest absolute Gasteiger partial charge is 0.494 e. The van der Waals surface area contributed by atoms with Gasteiger partial charge in [0.2, 0.25) is 0 Å². The van der Waals surface area contributed by atoms with E-state index >= 15 is 0 Å². The van der Waals surface area contributed by atoms with Gasteiger partial charge < -0.3 is 21.1 Å². The quantitative estimate of drug-likeness (QED) is 0.294. The topological polar surface area (TPSA) is 115 Å². The summed E-state index contributed by atoms with van der Waals surface area (Å²) in [5.41, 5.74) is 13.7. The van der Waals surface area contributed by atoms with E-state index in [-0.39, 0.29) is 11.7 Å². The molecule has 7 nitrogen and oxygen atoms in total. The lowest BCUT2D eigenvalue weighted by Gasteiger charge is -2.34. The molecule has 1 aliphatic heterocycles. The fraction of sp³-hybridized carbons (Fsp3) is 0.364. The van der Waals surface area contributed by atoms with Crippen molar-refractivity contribution in [3.8, 4) is 5.75 Å². The first-order valence-corrected chi connectivity index (χ1v) is 9.96. The van der Waals surface area contributed by atoms with Crippen LogP contribution in [0.4, 0.5) is 0 Å². The molecule has 6 N–H and O–H groups in total. The van der Waals surface area contributed by atoms with Crippen molar-refractivity contribution in [3.63, 3.8) is 0 Å². The van der Waals surface area contributed by atoms with E-state index < -0.39 is 0 Å². The molecule has 7 heteroatoms. The first-order chi connectivity index (χ1) is 14.0. The number of rotatable bonds is 9. The molecule has 0 aromatic heterocycles. The molecule has 1 saturated heterocycles. The van der Waals surface area contributed by atoms with E-state index in [1.165, 1.54) is 5.56 Å². The number of nitrogen functional groups attached to an aromatic ring is 2. The van der Waals surface area contributed by atoms with Crippen LogP contribution in [0.1, 0.15) is 23.1 Å². The second kappa shape index (κ2) is 10.0. The summed E-state index contributed by atoms with van der Waals surface area (Å²) in [6.45, 7) is 6.90. The third-order valence-electron chi connectivity index (χ3n) is 5.19. The summed E-state index contributed by atoms with van der Waals surface area (Å²) in [7, 11) is 0. The highest BCUT2D eigenvalue weighted by Gasteiger charge is 2.16. The summed E-state index contributed by atoms with van der Waals surface area (Å²) in [6.07, 6.45) is 0.987. The van der Waals surface area contributed by atoms with Gasteiger partial charge in [-0.1, -0.05) is 24.3 Å². The number of hydrogen-bond acceptors (Lipinski definition) is 5. The Balaban J connectivity index is 1.32. The monoisotopic (exact) mass is 394 g/mol. The second-order valence-electron chi connectivity index (χ2n) is 7.37. The highest BCUT2D eigenvalue weighted by molar-refractivity contribution is 5.95. The Morgan fingerprint density at radius 2 is 1.31 bits per heavy atom. The average Bonchev–Trinajstić information content (AvgIpc) is 2.73. The SMILES string of the molecule is N=C(N)c1ccc(CN2CCN(CCCOc3ccc(C(=N)N)cc3)CC2)cc1. The van der Waals surface area contributed by atoms with Crippen LogP contribution in [0.15, 0.2) is 48.5 Å². The summed E-state index contributed by atoms with van der Waals surface area (Å²) in [5, 5.41) is 14.9. The highest BCUT2D eigenvalue weighted by atomic mass is 16.5. The molecule has 0 aliphatic carbocycles. The zero-order chi connectivity index (χ0) is 20.6. The standard InChI is InChI=1S/C22H30N6O/c23-21(24)18-4-2-17(3-5-18)16-28-13-11-27(12-14-28)10-1-15-29-20-8-6-19(7-9-20)22(25)26/h2-9H,1,10-16H2,(H3,23,24)(H3,25,26). The van der Waals surface area contributed by atoms with Gasteiger partial charge in [-0.15, -0.1) is 0 Å². The van der Waals surface area contributed by atoms with Gasteiger partial charge in [-0.3, -0.25) is 15.7 Å². The van der Waals surface area contributed by atoms with Gasteiger partial charge in [-0.05, 0) is 36.2 Å². The smallest absolute Gasteiger partial charge is 0.122 e. The number of ether oxygens (including phenoxy) is 1. The van der Waals surface area contributed by atoms with Gasteiger partial charge in [0, 0.05) is 50.4 Å². The van der Waals surface area contributed by atoms with Crippen LogP contribution in [-0.2, 0) is 6.54 Å². The molecule has 0 atom stereocenters. The summed E-state index contributed by atoms with van der Waals surface area (Å²) >= 11 is 0. The Hall–Kier alpha value is -2.90. The number of nitrogens with zero attached hydrogens (tertiary/aromatic N) is 2. The van der Waals surface area contributed by atoms with Gasteiger partial charge in [0.25, 0.3) is 0 Å². The maximum Gasteiger partial charge on any atom is 0.122 e. The van der Waals surface area contributed by atoms with E-state index in [1.807, 2.05) is 36.4 Å². The van der Waals surface area contributed by atoms with Crippen LogP contribution >= 0.6 is 0 Å². The van der Waals surface area contributed by atoms with Gasteiger partial charge in [0.05, 0.1) is 6.61 Å². The second-order valence-corrected chi connectivity index (χ2v) is 7.37. The van der Waals surface area contributed by atoms with Gasteiger partial charge in [0.1, 0.15) is 17.4 Å². The van der Waals surface area contributed by atoms with E-state index in [0.717, 1.165) is 57.0 Å². The number of amidine groups is 2. The maximum atomic E-state index is 7.46. The third kappa shape index (κ3) is 6.30. The van der Waals surface area contributed by atoms with Crippen LogP contribution in [0.25, 0.3) is 0 Å². The molecule has 0 saturated carbocycles. The van der Waals surface area contributed by atoms with Crippen molar-refractivity contribution in [1.82, 2.24) is 9.80 Å². The fourth-order valence-corrected chi connectivity index (χ4v) is 3.43. The number of nitrogens with one attached hydrogen (secondary N) is 2. The lowest BCUT2D eigenvalue weighted by Crippen LogP contribution is -2.46. The molecule has 0 unspecified atom stereocenters. The van der Waals surface area contributed by atoms with E-state index in [2.05, 4.69) is 21.9 Å². The Bertz CT molecular complexity index is 807. The number of nitrogens with two attached hydrogens (primary N) is 2. The van der Waals surface area contributed by atoms with Crippen molar-refractivity contribution in [2.45, 2.75) is 13.0 Å². The van der Waals surface area contributed by atoms with Crippen molar-refractivity contribution in [2.75, 3.05) is 39.3 Å². The number of piperazine rings is 1. The predicted molar refractivity (Wildman–Crippen MR) is 117 cm³/mol. The maximum absolute atomic E-state index is 7.46. The van der Waals surface area contributed by atoms with Crippen molar-refractivity contribution in [3.05, 3.63) is 65.2 Å². The van der Waals surface area contributed by atoms with Crippen LogP contribution in [-0.4, -0.2) is 60.8 Å². The van der Waals surface area contributed by atoms with E-state index in [4.69, 9.17) is 27.0 Å². The van der Waals surface area contributed by atoms with Gasteiger partial charge in [-0.25, -0.2) is 0 Å². The lowest BCUT2D eigenvalue weighted by atomic mass is 10.1. The van der Waals surface area contributed by atoms with Gasteiger partial charge in [0.15, 0.2) is 0 Å². The predicted octanol–water partition coefficient (Wildman–Crippen LogP) is 1.84. The molecule has 2 aromatic carbocycles. The van der Waals surface area contributed by atoms with Crippen LogP contribution < -0.4 is 16.2 Å². The van der Waals surface area contributed by atoms with Crippen molar-refractivity contribution < 1.29 is 4.74 Å². The van der Waals surface area contributed by atoms with Crippen LogP contribution in [0.2, 0.25) is 0 Å². The lowest BCUT2D eigenvalue weighted by molar-refractivity contribution is 0.121. The number of hydrogen-bond donors (Lipinski definition) is 4. The Morgan fingerprint density at radius 1 is 0.793 bits per heavy atom. The van der Waals surface area contributed by atoms with Crippen LogP contribution in [0.5, 0.6) is 5.75 Å². The molecule has 0 spiro atoms. The summed E-state index contributed by atoms with van der Waals surface area (Å²) in [4.78, 5) is 4.95. The van der Waals surface area contributed by atoms with Crippen molar-refractivity contribution >= 4 is 11.7 Å². The molecule has 0 amide bonds. The fourth-order valence-electron chi connectivity index (χ4n) is 3.43. The normalized spacial score (nSPS) is 15.2. The number of benzene rings is 2. The van der Waals surface area contributed by atoms with Gasteiger partial charge in [-0.2, -0.15) is 0 Å². The minimum atomic E-state index is 0.0729. The molecular formula is C22H30N6O. The molecule has 29 heavy (non-hydrogen) atoms. The zero-order valence-electron chi connectivity index (χ0n) is 16.7. The van der Waals surface area contributed by atoms with Crippen LogP contribution in [0, 0.1) is 10.8 Å². The molecule has 154 valence electrons. The molecule has 0 radical (unpaired) electrons. The van der Waals surface area contributed by atoms with Gasteiger partial charge >= 0.3 is 0 Å². The molecule has 1 fully saturated rings. The Morgan fingerprint density at radius 3 is 1.86 bits per heavy atom. The van der Waals surface area contributed by atoms with E-state index in [1.54, 1.807) is 0 Å². The minimum Gasteiger partial charge on any atom is -0.494 e. The average molecular weight is 395 g/mol. The summed E-state index contributed by atoms with van der Waals surface area (Å²) < 4.78 is 5.79. The summed E-state index contributed by atoms with van der Waals surface area (Å²) in [5.74, 6) is 1.00. The minimum absolute atomic E-state index is 0.0729. The first-order valence-electron chi connectivity index (χ1n) is 9.96. The Kier molecular flexibility index (Phi) is 7.21. The molecule has 3 rings (SSSR count). The highest BCUT2D eigenvalue weighted by Crippen LogP contribution is 2.13. The molecule has 1 aliphatic rings. The molecule has 2 aromatic rings.